The summed E-state index contributed by atoms with van der Waals surface area (Å²) in [5.74, 6) is 1.21. The summed E-state index contributed by atoms with van der Waals surface area (Å²) < 4.78 is 4.84. The van der Waals surface area contributed by atoms with Crippen molar-refractivity contribution >= 4 is 73.4 Å². The molecule has 6 aromatic rings. The fraction of sp³-hybridized carbons (Fsp3) is 0.362. The topological polar surface area (TPSA) is 167 Å². The number of fused-ring (bicyclic) bond motifs is 2. The second-order valence-corrected chi connectivity index (χ2v) is 15.0. The first-order chi connectivity index (χ1) is 28.9. The van der Waals surface area contributed by atoms with Crippen LogP contribution in [0.5, 0.6) is 0 Å². The van der Waals surface area contributed by atoms with Gasteiger partial charge in [-0.25, -0.2) is 19.8 Å². The van der Waals surface area contributed by atoms with Crippen LogP contribution in [-0.2, 0) is 36.9 Å². The van der Waals surface area contributed by atoms with E-state index in [1.807, 2.05) is 82.6 Å². The number of carbonyl (C=O) groups is 3. The average molecular weight is 897 g/mol. The minimum absolute atomic E-state index is 0. The van der Waals surface area contributed by atoms with Gasteiger partial charge in [0, 0.05) is 13.1 Å². The van der Waals surface area contributed by atoms with Crippen molar-refractivity contribution in [3.05, 3.63) is 131 Å². The quantitative estimate of drug-likeness (QED) is 0.0422. The number of nitrogens with one attached hydrogen (secondary N) is 3. The van der Waals surface area contributed by atoms with Gasteiger partial charge in [0.2, 0.25) is 6.40 Å². The average Bonchev–Trinajstić information content (AvgIpc) is 4.10. The van der Waals surface area contributed by atoms with Gasteiger partial charge < -0.3 is 34.7 Å². The van der Waals surface area contributed by atoms with E-state index in [4.69, 9.17) is 19.6 Å². The molecule has 2 fully saturated rings. The predicted molar refractivity (Wildman–Crippen MR) is 256 cm³/mol. The van der Waals surface area contributed by atoms with Crippen molar-refractivity contribution in [2.24, 2.45) is 4.99 Å². The lowest BCUT2D eigenvalue weighted by Gasteiger charge is -2.28. The Kier molecular flexibility index (Phi) is 18.2. The molecule has 0 bridgehead atoms. The minimum atomic E-state index is -0.869. The Labute approximate surface area is 383 Å². The van der Waals surface area contributed by atoms with Crippen LogP contribution in [0.15, 0.2) is 102 Å². The van der Waals surface area contributed by atoms with Gasteiger partial charge in [-0.1, -0.05) is 87.6 Å². The minimum Gasteiger partial charge on any atom is -0.453 e. The molecule has 2 aliphatic heterocycles. The van der Waals surface area contributed by atoms with Crippen molar-refractivity contribution in [3.8, 4) is 0 Å². The Bertz CT molecular complexity index is 2450. The van der Waals surface area contributed by atoms with E-state index >= 15 is 0 Å². The standard InChI is InChI=1S/C45H48N8O6.2CH4.2H2S/c1-57-45(56)51-40(32-16-7-4-8-17-32)44(55)53-25-11-19-38(53)42-48-34-23-21-30(27-36(34)50-42)13-9-12-29-20-22-33-35(26-29)49-41(47-33)37-18-10-24-52(37)43(54)39(46-28-59-58-2)31-14-5-3-6-15-31;;;;/h3-8,14-17,20-23,26-28,37-40H,9-13,18-19,24-25H2,1-2H3,(H,47,49)(H,48,50)(H,51,56);2*1H4;2*1H2/t37-,38-,39-,40+;;;;/m0..../s1. The first-order valence-electron chi connectivity index (χ1n) is 20.1. The summed E-state index contributed by atoms with van der Waals surface area (Å²) in [5, 5.41) is 2.73. The molecule has 3 amide bonds. The molecule has 4 atom stereocenters. The van der Waals surface area contributed by atoms with Crippen molar-refractivity contribution in [2.75, 3.05) is 27.3 Å². The molecule has 3 N–H and O–H groups in total. The molecule has 4 aromatic carbocycles. The van der Waals surface area contributed by atoms with Crippen LogP contribution in [0.2, 0.25) is 0 Å². The highest BCUT2D eigenvalue weighted by Gasteiger charge is 2.38. The molecule has 2 aliphatic rings. The Hall–Kier alpha value is -5.84. The molecule has 336 valence electrons. The smallest absolute Gasteiger partial charge is 0.407 e. The highest BCUT2D eigenvalue weighted by atomic mass is 32.1. The van der Waals surface area contributed by atoms with Gasteiger partial charge in [0.25, 0.3) is 11.8 Å². The second-order valence-electron chi connectivity index (χ2n) is 15.0. The predicted octanol–water partition coefficient (Wildman–Crippen LogP) is 8.88. The van der Waals surface area contributed by atoms with Crippen molar-refractivity contribution in [2.45, 2.75) is 84.0 Å². The van der Waals surface area contributed by atoms with Crippen LogP contribution >= 0.6 is 27.0 Å². The number of aromatic nitrogens is 4. The summed E-state index contributed by atoms with van der Waals surface area (Å²) in [6, 6.07) is 29.3. The maximum atomic E-state index is 13.9. The molecule has 0 aliphatic carbocycles. The summed E-state index contributed by atoms with van der Waals surface area (Å²) >= 11 is 0. The molecule has 8 rings (SSSR count). The van der Waals surface area contributed by atoms with E-state index in [-0.39, 0.29) is 65.7 Å². The van der Waals surface area contributed by atoms with Gasteiger partial charge in [-0.15, -0.1) is 0 Å². The van der Waals surface area contributed by atoms with Gasteiger partial charge >= 0.3 is 6.09 Å². The molecule has 16 heteroatoms. The first-order valence-corrected chi connectivity index (χ1v) is 20.1. The normalized spacial score (nSPS) is 16.7. The second kappa shape index (κ2) is 23.0. The van der Waals surface area contributed by atoms with Crippen molar-refractivity contribution in [1.82, 2.24) is 35.1 Å². The lowest BCUT2D eigenvalue weighted by molar-refractivity contribution is -0.188. The zero-order valence-electron chi connectivity index (χ0n) is 34.2. The lowest BCUT2D eigenvalue weighted by atomic mass is 10.0. The molecule has 4 heterocycles. The van der Waals surface area contributed by atoms with Gasteiger partial charge in [-0.05, 0) is 91.5 Å². The van der Waals surface area contributed by atoms with E-state index in [0.29, 0.717) is 18.7 Å². The number of ether oxygens (including phenoxy) is 1. The fourth-order valence-electron chi connectivity index (χ4n) is 8.40. The number of aryl methyl sites for hydroxylation is 2. The molecular formula is C47H60N8O6S2. The summed E-state index contributed by atoms with van der Waals surface area (Å²) in [4.78, 5) is 74.6. The number of nitrogens with zero attached hydrogens (tertiary/aromatic N) is 5. The Morgan fingerprint density at radius 1 is 0.746 bits per heavy atom. The molecule has 2 aromatic heterocycles. The number of imidazole rings is 2. The number of alkyl carbamates (subject to hydrolysis) is 1. The zero-order chi connectivity index (χ0) is 40.7. The van der Waals surface area contributed by atoms with Crippen molar-refractivity contribution in [3.63, 3.8) is 0 Å². The van der Waals surface area contributed by atoms with E-state index in [1.165, 1.54) is 31.7 Å². The number of hydrogen-bond donors (Lipinski definition) is 3. The largest absolute Gasteiger partial charge is 0.453 e. The first kappa shape index (κ1) is 49.8. The Morgan fingerprint density at radius 2 is 1.25 bits per heavy atom. The highest BCUT2D eigenvalue weighted by Crippen LogP contribution is 2.36. The summed E-state index contributed by atoms with van der Waals surface area (Å²) in [6.45, 7) is 1.18. The molecule has 0 unspecified atom stereocenters. The van der Waals surface area contributed by atoms with Gasteiger partial charge in [-0.2, -0.15) is 31.9 Å². The maximum absolute atomic E-state index is 13.9. The van der Waals surface area contributed by atoms with Crippen molar-refractivity contribution in [1.29, 1.82) is 0 Å². The van der Waals surface area contributed by atoms with E-state index in [9.17, 15) is 14.4 Å². The summed E-state index contributed by atoms with van der Waals surface area (Å²) in [6.07, 6.45) is 6.49. The third kappa shape index (κ3) is 11.2. The van der Waals surface area contributed by atoms with Gasteiger partial charge in [0.15, 0.2) is 6.04 Å². The number of rotatable bonds is 14. The highest BCUT2D eigenvalue weighted by molar-refractivity contribution is 7.59. The van der Waals surface area contributed by atoms with Crippen LogP contribution in [0.4, 0.5) is 4.79 Å². The fourth-order valence-corrected chi connectivity index (χ4v) is 8.40. The van der Waals surface area contributed by atoms with E-state index < -0.39 is 18.2 Å². The monoisotopic (exact) mass is 896 g/mol. The summed E-state index contributed by atoms with van der Waals surface area (Å²) in [7, 11) is 2.68. The Balaban J connectivity index is 0.00000218. The number of H-pyrrole nitrogens is 2. The van der Waals surface area contributed by atoms with Crippen LogP contribution in [0.3, 0.4) is 0 Å². The number of aromatic amines is 2. The molecule has 0 radical (unpaired) electrons. The molecule has 63 heavy (non-hydrogen) atoms. The van der Waals surface area contributed by atoms with Crippen LogP contribution in [-0.4, -0.2) is 81.4 Å². The van der Waals surface area contributed by atoms with Gasteiger partial charge in [0.1, 0.15) is 17.7 Å². The molecule has 14 nitrogen and oxygen atoms in total. The molecule has 0 saturated carbocycles. The third-order valence-electron chi connectivity index (χ3n) is 11.3. The maximum Gasteiger partial charge on any atom is 0.407 e. The number of carbonyl (C=O) groups excluding carboxylic acids is 3. The number of amides is 3. The van der Waals surface area contributed by atoms with E-state index in [0.717, 1.165) is 84.2 Å². The van der Waals surface area contributed by atoms with Crippen LogP contribution < -0.4 is 5.32 Å². The van der Waals surface area contributed by atoms with Crippen LogP contribution in [0, 0.1) is 0 Å². The summed E-state index contributed by atoms with van der Waals surface area (Å²) in [5.41, 5.74) is 7.46. The Morgan fingerprint density at radius 3 is 1.76 bits per heavy atom. The number of aliphatic imine (C=N–C) groups is 1. The zero-order valence-corrected chi connectivity index (χ0v) is 36.2. The molecular weight excluding hydrogens is 837 g/mol. The number of methoxy groups -OCH3 is 1. The van der Waals surface area contributed by atoms with Gasteiger partial charge in [-0.3, -0.25) is 9.59 Å². The van der Waals surface area contributed by atoms with Gasteiger partial charge in [0.05, 0.1) is 48.4 Å². The SMILES string of the molecule is C.C.COOC=N[C@H](C(=O)N1CCC[C@H]1c1nc2ccc(CCCc3ccc4nc([C@@H]5CCCN5C(=O)[C@H](NC(=O)OC)c5ccccc5)[nH]c4c3)cc2[nH]1)c1ccccc1.S.S. The van der Waals surface area contributed by atoms with Crippen molar-refractivity contribution < 1.29 is 28.9 Å². The number of benzene rings is 4. The third-order valence-corrected chi connectivity index (χ3v) is 11.3. The van der Waals surface area contributed by atoms with Crippen LogP contribution in [0.25, 0.3) is 22.1 Å². The lowest BCUT2D eigenvalue weighted by Crippen LogP contribution is -2.42. The number of likely N-dealkylation sites (tertiary alicyclic amines) is 2. The van der Waals surface area contributed by atoms with E-state index in [2.05, 4.69) is 49.4 Å². The molecule has 0 spiro atoms. The van der Waals surface area contributed by atoms with Crippen LogP contribution in [0.1, 0.15) is 105 Å². The molecule has 2 saturated heterocycles. The van der Waals surface area contributed by atoms with E-state index in [1.54, 1.807) is 0 Å². The number of hydrogen-bond acceptors (Lipinski definition) is 9.